The van der Waals surface area contributed by atoms with Crippen molar-refractivity contribution in [3.63, 3.8) is 0 Å². The van der Waals surface area contributed by atoms with Crippen molar-refractivity contribution in [2.24, 2.45) is 10.7 Å². The van der Waals surface area contributed by atoms with E-state index in [2.05, 4.69) is 28.6 Å². The zero-order valence-electron chi connectivity index (χ0n) is 9.37. The Labute approximate surface area is 86.8 Å². The summed E-state index contributed by atoms with van der Waals surface area (Å²) in [7, 11) is 0. The highest BCUT2D eigenvalue weighted by Gasteiger charge is 2.16. The van der Waals surface area contributed by atoms with Crippen molar-refractivity contribution < 1.29 is 0 Å². The molecule has 4 nitrogen and oxygen atoms in total. The summed E-state index contributed by atoms with van der Waals surface area (Å²) in [4.78, 5) is 8.94. The van der Waals surface area contributed by atoms with Gasteiger partial charge in [0.2, 0.25) is 0 Å². The van der Waals surface area contributed by atoms with E-state index in [0.717, 1.165) is 51.6 Å². The highest BCUT2D eigenvalue weighted by atomic mass is 15.3. The van der Waals surface area contributed by atoms with Gasteiger partial charge in [0.05, 0.1) is 0 Å². The number of nitrogens with two attached hydrogens (primary N) is 1. The molecular formula is C10H22N4. The summed E-state index contributed by atoms with van der Waals surface area (Å²) in [5, 5.41) is 0. The van der Waals surface area contributed by atoms with Gasteiger partial charge in [0.25, 0.3) is 0 Å². The third kappa shape index (κ3) is 3.18. The van der Waals surface area contributed by atoms with E-state index in [4.69, 9.17) is 5.73 Å². The summed E-state index contributed by atoms with van der Waals surface area (Å²) in [6.45, 7) is 10.6. The summed E-state index contributed by atoms with van der Waals surface area (Å²) in [5.41, 5.74) is 5.88. The molecule has 14 heavy (non-hydrogen) atoms. The predicted molar refractivity (Wildman–Crippen MR) is 60.5 cm³/mol. The molecule has 0 amide bonds. The molecule has 82 valence electrons. The van der Waals surface area contributed by atoms with Gasteiger partial charge in [-0.2, -0.15) is 0 Å². The van der Waals surface area contributed by atoms with E-state index in [0.29, 0.717) is 0 Å². The highest BCUT2D eigenvalue weighted by Crippen LogP contribution is 2.00. The Hall–Kier alpha value is -0.770. The maximum Gasteiger partial charge on any atom is 0.191 e. The predicted octanol–water partition coefficient (Wildman–Crippen LogP) is 0.349. The van der Waals surface area contributed by atoms with Gasteiger partial charge >= 0.3 is 0 Å². The molecule has 0 saturated carbocycles. The van der Waals surface area contributed by atoms with E-state index in [1.54, 1.807) is 0 Å². The van der Waals surface area contributed by atoms with Crippen molar-refractivity contribution in [3.8, 4) is 0 Å². The van der Waals surface area contributed by atoms with Gasteiger partial charge in [-0.15, -0.1) is 0 Å². The lowest BCUT2D eigenvalue weighted by Crippen LogP contribution is -2.50. The maximum absolute atomic E-state index is 5.88. The van der Waals surface area contributed by atoms with Gasteiger partial charge in [-0.1, -0.05) is 13.8 Å². The van der Waals surface area contributed by atoms with Crippen LogP contribution in [0.25, 0.3) is 0 Å². The van der Waals surface area contributed by atoms with Crippen LogP contribution in [-0.4, -0.2) is 55.0 Å². The third-order valence-corrected chi connectivity index (χ3v) is 2.64. The average Bonchev–Trinajstić information content (AvgIpc) is 2.26. The molecule has 2 N–H and O–H groups in total. The van der Waals surface area contributed by atoms with Crippen LogP contribution in [-0.2, 0) is 0 Å². The second-order valence-electron chi connectivity index (χ2n) is 3.66. The van der Waals surface area contributed by atoms with Gasteiger partial charge in [-0.25, -0.2) is 0 Å². The molecular weight excluding hydrogens is 176 g/mol. The first-order valence-electron chi connectivity index (χ1n) is 5.55. The number of rotatable bonds is 3. The summed E-state index contributed by atoms with van der Waals surface area (Å²) < 4.78 is 0. The Kier molecular flexibility index (Phi) is 4.73. The van der Waals surface area contributed by atoms with E-state index in [-0.39, 0.29) is 0 Å². The molecule has 1 aliphatic heterocycles. The van der Waals surface area contributed by atoms with Crippen LogP contribution in [0.15, 0.2) is 4.99 Å². The molecule has 1 fully saturated rings. The second-order valence-corrected chi connectivity index (χ2v) is 3.66. The van der Waals surface area contributed by atoms with Crippen molar-refractivity contribution in [3.05, 3.63) is 0 Å². The first-order chi connectivity index (χ1) is 6.77. The Morgan fingerprint density at radius 2 is 1.86 bits per heavy atom. The van der Waals surface area contributed by atoms with Crippen molar-refractivity contribution in [1.29, 1.82) is 0 Å². The second kappa shape index (κ2) is 5.86. The molecule has 0 aliphatic carbocycles. The van der Waals surface area contributed by atoms with Gasteiger partial charge in [0.15, 0.2) is 5.96 Å². The fourth-order valence-electron chi connectivity index (χ4n) is 1.62. The van der Waals surface area contributed by atoms with E-state index < -0.39 is 0 Å². The normalized spacial score (nSPS) is 20.1. The zero-order chi connectivity index (χ0) is 10.4. The number of piperazine rings is 1. The lowest BCUT2D eigenvalue weighted by atomic mass is 10.3. The van der Waals surface area contributed by atoms with Crippen molar-refractivity contribution in [1.82, 2.24) is 9.80 Å². The molecule has 0 atom stereocenters. The number of aliphatic imine (C=N–C) groups is 1. The summed E-state index contributed by atoms with van der Waals surface area (Å²) in [6.07, 6.45) is 1.07. The SMILES string of the molecule is CCCN=C(N)N1CCN(CC)CC1. The molecule has 4 heteroatoms. The van der Waals surface area contributed by atoms with Crippen LogP contribution in [0.4, 0.5) is 0 Å². The number of hydrogen-bond acceptors (Lipinski definition) is 2. The lowest BCUT2D eigenvalue weighted by Gasteiger charge is -2.34. The molecule has 0 spiro atoms. The molecule has 1 rings (SSSR count). The maximum atomic E-state index is 5.88. The van der Waals surface area contributed by atoms with Crippen LogP contribution < -0.4 is 5.73 Å². The van der Waals surface area contributed by atoms with E-state index in [1.807, 2.05) is 0 Å². The average molecular weight is 198 g/mol. The lowest BCUT2D eigenvalue weighted by molar-refractivity contribution is 0.188. The molecule has 0 aromatic heterocycles. The highest BCUT2D eigenvalue weighted by molar-refractivity contribution is 5.78. The largest absolute Gasteiger partial charge is 0.370 e. The van der Waals surface area contributed by atoms with Crippen molar-refractivity contribution in [2.45, 2.75) is 20.3 Å². The summed E-state index contributed by atoms with van der Waals surface area (Å²) in [6, 6.07) is 0. The monoisotopic (exact) mass is 198 g/mol. The molecule has 0 bridgehead atoms. The van der Waals surface area contributed by atoms with Crippen molar-refractivity contribution in [2.75, 3.05) is 39.3 Å². The van der Waals surface area contributed by atoms with Crippen LogP contribution in [0, 0.1) is 0 Å². The van der Waals surface area contributed by atoms with Gasteiger partial charge in [-0.3, -0.25) is 4.99 Å². The molecule has 1 saturated heterocycles. The van der Waals surface area contributed by atoms with Gasteiger partial charge < -0.3 is 15.5 Å². The van der Waals surface area contributed by atoms with Gasteiger partial charge in [-0.05, 0) is 13.0 Å². The third-order valence-electron chi connectivity index (χ3n) is 2.64. The van der Waals surface area contributed by atoms with E-state index in [1.165, 1.54) is 0 Å². The number of guanidine groups is 1. The molecule has 0 aromatic carbocycles. The van der Waals surface area contributed by atoms with Crippen LogP contribution in [0.2, 0.25) is 0 Å². The smallest absolute Gasteiger partial charge is 0.191 e. The molecule has 1 heterocycles. The summed E-state index contributed by atoms with van der Waals surface area (Å²) in [5.74, 6) is 0.725. The van der Waals surface area contributed by atoms with Crippen LogP contribution in [0.1, 0.15) is 20.3 Å². The molecule has 0 radical (unpaired) electrons. The quantitative estimate of drug-likeness (QED) is 0.526. The number of hydrogen-bond donors (Lipinski definition) is 1. The van der Waals surface area contributed by atoms with Gasteiger partial charge in [0.1, 0.15) is 0 Å². The summed E-state index contributed by atoms with van der Waals surface area (Å²) >= 11 is 0. The van der Waals surface area contributed by atoms with Crippen LogP contribution in [0.5, 0.6) is 0 Å². The Bertz CT molecular complexity index is 183. The van der Waals surface area contributed by atoms with Crippen LogP contribution in [0.3, 0.4) is 0 Å². The van der Waals surface area contributed by atoms with E-state index >= 15 is 0 Å². The fourth-order valence-corrected chi connectivity index (χ4v) is 1.62. The van der Waals surface area contributed by atoms with Gasteiger partial charge in [0, 0.05) is 32.7 Å². The Balaban J connectivity index is 2.33. The molecule has 1 aliphatic rings. The standard InChI is InChI=1S/C10H22N4/c1-3-5-12-10(11)14-8-6-13(4-2)7-9-14/h3-9H2,1-2H3,(H2,11,12). The molecule has 0 unspecified atom stereocenters. The first-order valence-corrected chi connectivity index (χ1v) is 5.55. The minimum Gasteiger partial charge on any atom is -0.370 e. The fraction of sp³-hybridized carbons (Fsp3) is 0.900. The van der Waals surface area contributed by atoms with Crippen molar-refractivity contribution >= 4 is 5.96 Å². The zero-order valence-corrected chi connectivity index (χ0v) is 9.37. The number of nitrogens with zero attached hydrogens (tertiary/aromatic N) is 3. The minimum atomic E-state index is 0.725. The van der Waals surface area contributed by atoms with Crippen LogP contribution >= 0.6 is 0 Å². The topological polar surface area (TPSA) is 44.9 Å². The first kappa shape index (κ1) is 11.3. The Morgan fingerprint density at radius 3 is 2.36 bits per heavy atom. The van der Waals surface area contributed by atoms with E-state index in [9.17, 15) is 0 Å². The number of likely N-dealkylation sites (N-methyl/N-ethyl adjacent to an activating group) is 1. The molecule has 0 aromatic rings. The Morgan fingerprint density at radius 1 is 1.21 bits per heavy atom. The minimum absolute atomic E-state index is 0.725.